The van der Waals surface area contributed by atoms with E-state index < -0.39 is 5.91 Å². The highest BCUT2D eigenvalue weighted by molar-refractivity contribution is 6.03. The molecule has 0 saturated heterocycles. The van der Waals surface area contributed by atoms with Crippen LogP contribution in [0.1, 0.15) is 10.5 Å². The van der Waals surface area contributed by atoms with Crippen molar-refractivity contribution in [3.05, 3.63) is 54.4 Å². The summed E-state index contributed by atoms with van der Waals surface area (Å²) in [5.41, 5.74) is 9.13. The van der Waals surface area contributed by atoms with Gasteiger partial charge in [-0.05, 0) is 23.3 Å². The van der Waals surface area contributed by atoms with Crippen molar-refractivity contribution in [1.82, 2.24) is 4.98 Å². The molecule has 0 bridgehead atoms. The molecule has 3 rings (SSSR count). The number of aromatic amines is 1. The quantitative estimate of drug-likeness (QED) is 0.711. The molecule has 134 valence electrons. The number of hydrogen-bond acceptors (Lipinski definition) is 4. The number of hydrogen-bond donors (Lipinski definition) is 2. The third-order valence-corrected chi connectivity index (χ3v) is 4.16. The highest BCUT2D eigenvalue weighted by Gasteiger charge is 2.22. The molecule has 0 atom stereocenters. The van der Waals surface area contributed by atoms with E-state index in [2.05, 4.69) is 4.98 Å². The Bertz CT molecular complexity index is 907. The molecule has 0 aliphatic carbocycles. The fraction of sp³-hybridized carbons (Fsp3) is 0.150. The summed E-state index contributed by atoms with van der Waals surface area (Å²) >= 11 is 0. The van der Waals surface area contributed by atoms with E-state index in [4.69, 9.17) is 19.9 Å². The third-order valence-electron chi connectivity index (χ3n) is 4.16. The monoisotopic (exact) mass is 352 g/mol. The van der Waals surface area contributed by atoms with Gasteiger partial charge < -0.3 is 24.9 Å². The second-order valence-electron chi connectivity index (χ2n) is 5.60. The number of ether oxygens (including phenoxy) is 3. The molecule has 0 aliphatic rings. The van der Waals surface area contributed by atoms with Crippen molar-refractivity contribution in [3.8, 4) is 39.5 Å². The number of carbonyl (C=O) groups is 1. The van der Waals surface area contributed by atoms with Crippen molar-refractivity contribution in [1.29, 1.82) is 0 Å². The molecule has 0 radical (unpaired) electrons. The highest BCUT2D eigenvalue weighted by atomic mass is 16.5. The molecule has 3 aromatic rings. The van der Waals surface area contributed by atoms with Gasteiger partial charge in [-0.2, -0.15) is 0 Å². The topological polar surface area (TPSA) is 86.6 Å². The summed E-state index contributed by atoms with van der Waals surface area (Å²) in [5.74, 6) is 0.932. The predicted octanol–water partition coefficient (Wildman–Crippen LogP) is 3.47. The first-order chi connectivity index (χ1) is 12.6. The molecule has 1 aromatic heterocycles. The Hall–Kier alpha value is -3.41. The van der Waals surface area contributed by atoms with Gasteiger partial charge >= 0.3 is 0 Å². The van der Waals surface area contributed by atoms with Crippen LogP contribution in [0.4, 0.5) is 0 Å². The van der Waals surface area contributed by atoms with Crippen LogP contribution in [-0.2, 0) is 0 Å². The number of benzene rings is 2. The number of methoxy groups -OCH3 is 3. The van der Waals surface area contributed by atoms with Crippen LogP contribution in [-0.4, -0.2) is 32.2 Å². The zero-order valence-corrected chi connectivity index (χ0v) is 14.8. The van der Waals surface area contributed by atoms with Crippen molar-refractivity contribution in [2.75, 3.05) is 21.3 Å². The van der Waals surface area contributed by atoms with Gasteiger partial charge in [0.15, 0.2) is 11.5 Å². The molecule has 6 heteroatoms. The minimum atomic E-state index is -0.545. The first-order valence-corrected chi connectivity index (χ1v) is 7.97. The summed E-state index contributed by atoms with van der Waals surface area (Å²) in [6.45, 7) is 0. The van der Waals surface area contributed by atoms with Gasteiger partial charge in [0.25, 0.3) is 5.91 Å². The van der Waals surface area contributed by atoms with Gasteiger partial charge in [0.05, 0.1) is 21.3 Å². The molecule has 3 N–H and O–H groups in total. The number of carbonyl (C=O) groups excluding carboxylic acids is 1. The zero-order chi connectivity index (χ0) is 18.7. The number of amides is 1. The van der Waals surface area contributed by atoms with Crippen LogP contribution in [0, 0.1) is 0 Å². The molecule has 2 aromatic carbocycles. The summed E-state index contributed by atoms with van der Waals surface area (Å²) in [5, 5.41) is 0. The molecule has 0 unspecified atom stereocenters. The molecule has 1 amide bonds. The van der Waals surface area contributed by atoms with Crippen LogP contribution in [0.15, 0.2) is 48.7 Å². The maximum absolute atomic E-state index is 12.0. The molecule has 0 saturated carbocycles. The lowest BCUT2D eigenvalue weighted by molar-refractivity contribution is 0.0997. The SMILES string of the molecule is COc1cc(-c2c(-c3ccccc3)c[nH]c2C(N)=O)cc(OC)c1OC. The smallest absolute Gasteiger partial charge is 0.265 e. The average molecular weight is 352 g/mol. The Balaban J connectivity index is 2.29. The predicted molar refractivity (Wildman–Crippen MR) is 99.8 cm³/mol. The van der Waals surface area contributed by atoms with Crippen LogP contribution in [0.3, 0.4) is 0 Å². The van der Waals surface area contributed by atoms with Crippen LogP contribution >= 0.6 is 0 Å². The molecular formula is C20H20N2O4. The van der Waals surface area contributed by atoms with Gasteiger partial charge in [-0.15, -0.1) is 0 Å². The summed E-state index contributed by atoms with van der Waals surface area (Å²) in [7, 11) is 4.64. The number of nitrogens with two attached hydrogens (primary N) is 1. The lowest BCUT2D eigenvalue weighted by Crippen LogP contribution is -2.12. The summed E-state index contributed by atoms with van der Waals surface area (Å²) in [6.07, 6.45) is 1.77. The average Bonchev–Trinajstić information content (AvgIpc) is 3.12. The van der Waals surface area contributed by atoms with E-state index in [0.717, 1.165) is 16.7 Å². The number of rotatable bonds is 6. The Morgan fingerprint density at radius 3 is 2.04 bits per heavy atom. The Morgan fingerprint density at radius 2 is 1.54 bits per heavy atom. The second kappa shape index (κ2) is 7.23. The van der Waals surface area contributed by atoms with Crippen molar-refractivity contribution in [2.45, 2.75) is 0 Å². The van der Waals surface area contributed by atoms with Crippen molar-refractivity contribution < 1.29 is 19.0 Å². The molecule has 26 heavy (non-hydrogen) atoms. The zero-order valence-electron chi connectivity index (χ0n) is 14.8. The van der Waals surface area contributed by atoms with Crippen LogP contribution < -0.4 is 19.9 Å². The molecule has 0 fully saturated rings. The Kier molecular flexibility index (Phi) is 4.84. The lowest BCUT2D eigenvalue weighted by atomic mass is 9.96. The van der Waals surface area contributed by atoms with Gasteiger partial charge in [0, 0.05) is 17.3 Å². The van der Waals surface area contributed by atoms with E-state index >= 15 is 0 Å². The van der Waals surface area contributed by atoms with Crippen LogP contribution in [0.5, 0.6) is 17.2 Å². The van der Waals surface area contributed by atoms with E-state index in [1.807, 2.05) is 30.3 Å². The minimum absolute atomic E-state index is 0.318. The van der Waals surface area contributed by atoms with E-state index in [9.17, 15) is 4.79 Å². The molecule has 0 spiro atoms. The highest BCUT2D eigenvalue weighted by Crippen LogP contribution is 2.44. The fourth-order valence-electron chi connectivity index (χ4n) is 2.99. The van der Waals surface area contributed by atoms with Crippen LogP contribution in [0.25, 0.3) is 22.3 Å². The molecule has 1 heterocycles. The van der Waals surface area contributed by atoms with Crippen molar-refractivity contribution in [2.24, 2.45) is 5.73 Å². The maximum Gasteiger partial charge on any atom is 0.265 e. The van der Waals surface area contributed by atoms with Gasteiger partial charge in [-0.25, -0.2) is 0 Å². The van der Waals surface area contributed by atoms with Gasteiger partial charge in [-0.1, -0.05) is 30.3 Å². The number of primary amides is 1. The van der Waals surface area contributed by atoms with Gasteiger partial charge in [0.2, 0.25) is 5.75 Å². The van der Waals surface area contributed by atoms with Crippen molar-refractivity contribution in [3.63, 3.8) is 0 Å². The summed E-state index contributed by atoms with van der Waals surface area (Å²) in [6, 6.07) is 13.3. The number of nitrogens with one attached hydrogen (secondary N) is 1. The maximum atomic E-state index is 12.0. The normalized spacial score (nSPS) is 10.4. The minimum Gasteiger partial charge on any atom is -0.493 e. The Morgan fingerprint density at radius 1 is 0.923 bits per heavy atom. The molecular weight excluding hydrogens is 332 g/mol. The van der Waals surface area contributed by atoms with Gasteiger partial charge in [-0.3, -0.25) is 4.79 Å². The first kappa shape index (κ1) is 17.4. The number of H-pyrrole nitrogens is 1. The van der Waals surface area contributed by atoms with E-state index in [0.29, 0.717) is 28.5 Å². The largest absolute Gasteiger partial charge is 0.493 e. The second-order valence-corrected chi connectivity index (χ2v) is 5.60. The summed E-state index contributed by atoms with van der Waals surface area (Å²) < 4.78 is 16.2. The standard InChI is InChI=1S/C20H20N2O4/c1-24-15-9-13(10-16(25-2)19(15)26-3)17-14(11-22-18(17)20(21)23)12-7-5-4-6-8-12/h4-11,22H,1-3H3,(H2,21,23). The van der Waals surface area contributed by atoms with E-state index in [1.165, 1.54) is 0 Å². The van der Waals surface area contributed by atoms with Crippen LogP contribution in [0.2, 0.25) is 0 Å². The number of aromatic nitrogens is 1. The van der Waals surface area contributed by atoms with E-state index in [-0.39, 0.29) is 0 Å². The lowest BCUT2D eigenvalue weighted by Gasteiger charge is -2.15. The molecule has 0 aliphatic heterocycles. The fourth-order valence-corrected chi connectivity index (χ4v) is 2.99. The van der Waals surface area contributed by atoms with E-state index in [1.54, 1.807) is 39.7 Å². The third kappa shape index (κ3) is 2.97. The first-order valence-electron chi connectivity index (χ1n) is 7.97. The molecule has 6 nitrogen and oxygen atoms in total. The summed E-state index contributed by atoms with van der Waals surface area (Å²) in [4.78, 5) is 15.0. The van der Waals surface area contributed by atoms with Crippen molar-refractivity contribution >= 4 is 5.91 Å². The Labute approximate surface area is 151 Å². The van der Waals surface area contributed by atoms with Gasteiger partial charge in [0.1, 0.15) is 5.69 Å².